The maximum Gasteiger partial charge on any atom is 0.317 e. The van der Waals surface area contributed by atoms with Gasteiger partial charge in [0.2, 0.25) is 5.95 Å². The van der Waals surface area contributed by atoms with Gasteiger partial charge >= 0.3 is 6.03 Å². The average Bonchev–Trinajstić information content (AvgIpc) is 3.68. The third-order valence-corrected chi connectivity index (χ3v) is 7.94. The molecule has 3 aliphatic rings. The molecule has 3 aromatic rings. The normalized spacial score (nSPS) is 21.1. The predicted molar refractivity (Wildman–Crippen MR) is 139 cm³/mol. The van der Waals surface area contributed by atoms with Gasteiger partial charge in [-0.3, -0.25) is 5.10 Å². The fraction of sp³-hybridized carbons (Fsp3) is 0.481. The van der Waals surface area contributed by atoms with E-state index in [1.807, 2.05) is 19.2 Å². The first-order valence-electron chi connectivity index (χ1n) is 13.3. The van der Waals surface area contributed by atoms with Gasteiger partial charge in [-0.15, -0.1) is 0 Å². The molecule has 0 spiro atoms. The molecule has 38 heavy (non-hydrogen) atoms. The lowest BCUT2D eigenvalue weighted by Gasteiger charge is -2.36. The number of amides is 2. The van der Waals surface area contributed by atoms with Crippen LogP contribution in [0.4, 0.5) is 31.2 Å². The third kappa shape index (κ3) is 5.27. The molecule has 2 fully saturated rings. The van der Waals surface area contributed by atoms with Gasteiger partial charge in [-0.2, -0.15) is 10.1 Å². The highest BCUT2D eigenvalue weighted by Gasteiger charge is 2.29. The van der Waals surface area contributed by atoms with Crippen LogP contribution in [0.15, 0.2) is 30.5 Å². The number of H-pyrrole nitrogens is 1. The molecule has 1 aliphatic heterocycles. The Morgan fingerprint density at radius 2 is 1.82 bits per heavy atom. The van der Waals surface area contributed by atoms with Crippen molar-refractivity contribution in [2.24, 2.45) is 0 Å². The van der Waals surface area contributed by atoms with Crippen LogP contribution in [0.25, 0.3) is 0 Å². The molecule has 200 valence electrons. The Morgan fingerprint density at radius 3 is 2.58 bits per heavy atom. The topological polar surface area (TPSA) is 102 Å². The predicted octanol–water partition coefficient (Wildman–Crippen LogP) is 4.61. The van der Waals surface area contributed by atoms with E-state index in [4.69, 9.17) is 4.98 Å². The molecule has 0 saturated heterocycles. The van der Waals surface area contributed by atoms with E-state index in [9.17, 15) is 13.6 Å². The molecule has 2 saturated carbocycles. The van der Waals surface area contributed by atoms with Crippen molar-refractivity contribution >= 4 is 23.6 Å². The standard InChI is InChI=1S/C27H32F2N8O/c1-36(26-30-10-8-24(33-26)32-25-14-23(34-35-25)16-2-3-16)20-6-4-19(5-7-20)31-27(38)37-11-9-17-12-21(28)22(29)13-18(17)15-37/h8,10,12-14,16,19-20H,2-7,9,11,15H2,1H3,(H,31,38)(H2,30,32,33,34,35)/t19-,20-. The quantitative estimate of drug-likeness (QED) is 0.437. The number of urea groups is 1. The van der Waals surface area contributed by atoms with Crippen LogP contribution >= 0.6 is 0 Å². The zero-order valence-corrected chi connectivity index (χ0v) is 21.4. The smallest absolute Gasteiger partial charge is 0.317 e. The number of aromatic amines is 1. The van der Waals surface area contributed by atoms with Crippen LogP contribution in [-0.4, -0.2) is 56.8 Å². The number of nitrogens with zero attached hydrogens (tertiary/aromatic N) is 5. The highest BCUT2D eigenvalue weighted by Crippen LogP contribution is 2.39. The summed E-state index contributed by atoms with van der Waals surface area (Å²) in [6, 6.07) is 6.52. The highest BCUT2D eigenvalue weighted by molar-refractivity contribution is 5.75. The van der Waals surface area contributed by atoms with Crippen LogP contribution in [0.3, 0.4) is 0 Å². The van der Waals surface area contributed by atoms with Crippen LogP contribution in [0.5, 0.6) is 0 Å². The maximum absolute atomic E-state index is 13.7. The van der Waals surface area contributed by atoms with Crippen LogP contribution in [0.2, 0.25) is 0 Å². The van der Waals surface area contributed by atoms with Crippen LogP contribution in [-0.2, 0) is 13.0 Å². The zero-order valence-electron chi connectivity index (χ0n) is 21.4. The second-order valence-electron chi connectivity index (χ2n) is 10.6. The number of aromatic nitrogens is 4. The molecule has 9 nitrogen and oxygen atoms in total. The molecule has 0 unspecified atom stereocenters. The minimum absolute atomic E-state index is 0.0766. The first-order valence-corrected chi connectivity index (χ1v) is 13.3. The average molecular weight is 523 g/mol. The van der Waals surface area contributed by atoms with Gasteiger partial charge in [0.05, 0.1) is 0 Å². The summed E-state index contributed by atoms with van der Waals surface area (Å²) in [6.07, 6.45) is 8.20. The van der Waals surface area contributed by atoms with Crippen molar-refractivity contribution in [2.45, 2.75) is 69.5 Å². The van der Waals surface area contributed by atoms with E-state index in [1.165, 1.54) is 25.0 Å². The summed E-state index contributed by atoms with van der Waals surface area (Å²) < 4.78 is 27.2. The molecule has 3 N–H and O–H groups in total. The molecule has 0 radical (unpaired) electrons. The molecule has 1 aromatic carbocycles. The zero-order chi connectivity index (χ0) is 26.2. The number of fused-ring (bicyclic) bond motifs is 1. The summed E-state index contributed by atoms with van der Waals surface area (Å²) in [7, 11) is 2.01. The Kier molecular flexibility index (Phi) is 6.59. The van der Waals surface area contributed by atoms with Crippen molar-refractivity contribution in [3.05, 3.63) is 58.9 Å². The number of carbonyl (C=O) groups excluding carboxylic acids is 1. The van der Waals surface area contributed by atoms with E-state index >= 15 is 0 Å². The van der Waals surface area contributed by atoms with Gasteiger partial charge in [0.1, 0.15) is 5.82 Å². The summed E-state index contributed by atoms with van der Waals surface area (Å²) in [6.45, 7) is 0.780. The molecule has 6 rings (SSSR count). The number of benzene rings is 1. The number of anilines is 3. The number of carbonyl (C=O) groups is 1. The fourth-order valence-electron chi connectivity index (χ4n) is 5.48. The Balaban J connectivity index is 1.00. The van der Waals surface area contributed by atoms with Crippen molar-refractivity contribution in [3.8, 4) is 0 Å². The maximum atomic E-state index is 13.7. The van der Waals surface area contributed by atoms with Gasteiger partial charge in [0.15, 0.2) is 17.5 Å². The molecular weight excluding hydrogens is 490 g/mol. The van der Waals surface area contributed by atoms with Gasteiger partial charge in [-0.1, -0.05) is 0 Å². The van der Waals surface area contributed by atoms with E-state index < -0.39 is 11.6 Å². The molecule has 0 atom stereocenters. The van der Waals surface area contributed by atoms with Crippen LogP contribution < -0.4 is 15.5 Å². The van der Waals surface area contributed by atoms with Crippen molar-refractivity contribution in [2.75, 3.05) is 23.8 Å². The van der Waals surface area contributed by atoms with E-state index in [-0.39, 0.29) is 18.1 Å². The number of nitrogens with one attached hydrogen (secondary N) is 3. The lowest BCUT2D eigenvalue weighted by atomic mass is 9.90. The summed E-state index contributed by atoms with van der Waals surface area (Å²) >= 11 is 0. The second kappa shape index (κ2) is 10.2. The monoisotopic (exact) mass is 522 g/mol. The number of rotatable bonds is 6. The molecule has 2 amide bonds. The molecule has 3 heterocycles. The lowest BCUT2D eigenvalue weighted by Crippen LogP contribution is -2.49. The SMILES string of the molecule is CN(c1nccc(Nc2cc(C3CC3)[nH]n2)n1)[C@H]1CC[C@H](NC(=O)N2CCc3cc(F)c(F)cc3C2)CC1. The van der Waals surface area contributed by atoms with Gasteiger partial charge in [0, 0.05) is 56.1 Å². The van der Waals surface area contributed by atoms with Crippen LogP contribution in [0, 0.1) is 11.6 Å². The summed E-state index contributed by atoms with van der Waals surface area (Å²) in [5.74, 6) is 1.00. The third-order valence-electron chi connectivity index (χ3n) is 7.94. The molecule has 2 aliphatic carbocycles. The van der Waals surface area contributed by atoms with Gasteiger partial charge in [-0.05, 0) is 74.3 Å². The van der Waals surface area contributed by atoms with E-state index in [0.717, 1.165) is 42.8 Å². The Hall–Kier alpha value is -3.76. The van der Waals surface area contributed by atoms with E-state index in [2.05, 4.69) is 30.7 Å². The summed E-state index contributed by atoms with van der Waals surface area (Å²) in [4.78, 5) is 25.9. The Morgan fingerprint density at radius 1 is 1.05 bits per heavy atom. The van der Waals surface area contributed by atoms with Crippen molar-refractivity contribution in [3.63, 3.8) is 0 Å². The number of hydrogen-bond acceptors (Lipinski definition) is 6. The lowest BCUT2D eigenvalue weighted by molar-refractivity contribution is 0.183. The largest absolute Gasteiger partial charge is 0.341 e. The van der Waals surface area contributed by atoms with Gasteiger partial charge in [0.25, 0.3) is 0 Å². The highest BCUT2D eigenvalue weighted by atomic mass is 19.2. The minimum atomic E-state index is -0.873. The molecule has 11 heteroatoms. The number of hydrogen-bond donors (Lipinski definition) is 3. The van der Waals surface area contributed by atoms with Crippen molar-refractivity contribution in [1.82, 2.24) is 30.4 Å². The molecular formula is C27H32F2N8O. The van der Waals surface area contributed by atoms with Gasteiger partial charge < -0.3 is 20.4 Å². The minimum Gasteiger partial charge on any atom is -0.341 e. The summed E-state index contributed by atoms with van der Waals surface area (Å²) in [5.41, 5.74) is 2.60. The van der Waals surface area contributed by atoms with Crippen molar-refractivity contribution < 1.29 is 13.6 Å². The second-order valence-corrected chi connectivity index (χ2v) is 10.6. The van der Waals surface area contributed by atoms with Crippen molar-refractivity contribution in [1.29, 1.82) is 0 Å². The Bertz CT molecular complexity index is 1320. The van der Waals surface area contributed by atoms with Crippen LogP contribution in [0.1, 0.15) is 61.3 Å². The van der Waals surface area contributed by atoms with E-state index in [0.29, 0.717) is 42.8 Å². The first-order chi connectivity index (χ1) is 18.4. The van der Waals surface area contributed by atoms with Gasteiger partial charge in [-0.25, -0.2) is 18.6 Å². The molecule has 0 bridgehead atoms. The van der Waals surface area contributed by atoms with E-state index in [1.54, 1.807) is 11.1 Å². The summed E-state index contributed by atoms with van der Waals surface area (Å²) in [5, 5.41) is 13.8. The Labute approximate surface area is 220 Å². The first kappa shape index (κ1) is 24.6. The fourth-order valence-corrected chi connectivity index (χ4v) is 5.48. The number of halogens is 2. The molecule has 2 aromatic heterocycles.